The van der Waals surface area contributed by atoms with Crippen LogP contribution in [0.4, 0.5) is 4.39 Å². The first-order valence-electron chi connectivity index (χ1n) is 5.66. The fourth-order valence-corrected chi connectivity index (χ4v) is 1.81. The summed E-state index contributed by atoms with van der Waals surface area (Å²) in [5, 5.41) is -0.153. The molecule has 2 rings (SSSR count). The topological polar surface area (TPSA) is 25.8 Å². The zero-order valence-electron chi connectivity index (χ0n) is 10.5. The minimum atomic E-state index is -0.581. The molecule has 94 valence electrons. The van der Waals surface area contributed by atoms with Crippen LogP contribution in [0.1, 0.15) is 26.3 Å². The Hall–Kier alpha value is -1.48. The third-order valence-electron chi connectivity index (χ3n) is 2.77. The molecule has 0 atom stereocenters. The van der Waals surface area contributed by atoms with Crippen LogP contribution < -0.4 is 0 Å². The highest BCUT2D eigenvalue weighted by Crippen LogP contribution is 2.27. The first kappa shape index (κ1) is 13.0. The van der Waals surface area contributed by atoms with E-state index in [-0.39, 0.29) is 16.3 Å². The Morgan fingerprint density at radius 2 is 1.67 bits per heavy atom. The highest BCUT2D eigenvalue weighted by atomic mass is 35.5. The fraction of sp³-hybridized carbons (Fsp3) is 0.286. The van der Waals surface area contributed by atoms with Crippen molar-refractivity contribution in [2.24, 2.45) is 0 Å². The maximum Gasteiger partial charge on any atom is 0.186 e. The van der Waals surface area contributed by atoms with E-state index in [1.165, 1.54) is 11.9 Å². The maximum absolute atomic E-state index is 13.8. The summed E-state index contributed by atoms with van der Waals surface area (Å²) in [4.78, 5) is 7.53. The lowest BCUT2D eigenvalue weighted by molar-refractivity contribution is 0.590. The van der Waals surface area contributed by atoms with Gasteiger partial charge in [0.15, 0.2) is 11.0 Å². The lowest BCUT2D eigenvalue weighted by atomic mass is 9.86. The lowest BCUT2D eigenvalue weighted by Crippen LogP contribution is -2.10. The fourth-order valence-electron chi connectivity index (χ4n) is 1.68. The Kier molecular flexibility index (Phi) is 3.35. The van der Waals surface area contributed by atoms with Gasteiger partial charge in [-0.05, 0) is 11.0 Å². The van der Waals surface area contributed by atoms with Crippen molar-refractivity contribution in [2.75, 3.05) is 0 Å². The molecule has 0 fully saturated rings. The predicted molar refractivity (Wildman–Crippen MR) is 71.1 cm³/mol. The van der Waals surface area contributed by atoms with Crippen LogP contribution in [-0.4, -0.2) is 9.97 Å². The average Bonchev–Trinajstić information content (AvgIpc) is 2.32. The largest absolute Gasteiger partial charge is 0.233 e. The Balaban J connectivity index is 2.44. The van der Waals surface area contributed by atoms with Crippen LogP contribution in [0.25, 0.3) is 11.3 Å². The molecule has 0 aliphatic heterocycles. The summed E-state index contributed by atoms with van der Waals surface area (Å²) < 4.78 is 13.8. The van der Waals surface area contributed by atoms with Gasteiger partial charge in [-0.25, -0.2) is 14.4 Å². The van der Waals surface area contributed by atoms with E-state index in [4.69, 9.17) is 11.6 Å². The van der Waals surface area contributed by atoms with Gasteiger partial charge in [-0.1, -0.05) is 56.6 Å². The zero-order valence-corrected chi connectivity index (χ0v) is 11.3. The number of halogens is 2. The summed E-state index contributed by atoms with van der Waals surface area (Å²) in [7, 11) is 0. The average molecular weight is 265 g/mol. The quantitative estimate of drug-likeness (QED) is 0.720. The third kappa shape index (κ3) is 2.51. The van der Waals surface area contributed by atoms with Gasteiger partial charge in [0.2, 0.25) is 0 Å². The molecule has 2 nitrogen and oxygen atoms in total. The normalized spacial score (nSPS) is 11.6. The van der Waals surface area contributed by atoms with Crippen molar-refractivity contribution in [1.82, 2.24) is 9.97 Å². The van der Waals surface area contributed by atoms with E-state index in [0.29, 0.717) is 5.56 Å². The number of aromatic nitrogens is 2. The van der Waals surface area contributed by atoms with Gasteiger partial charge in [0.25, 0.3) is 0 Å². The molecule has 0 amide bonds. The number of hydrogen-bond acceptors (Lipinski definition) is 2. The molecule has 0 N–H and O–H groups in total. The summed E-state index contributed by atoms with van der Waals surface area (Å²) in [6.07, 6.45) is 1.26. The van der Waals surface area contributed by atoms with Gasteiger partial charge in [-0.15, -0.1) is 0 Å². The third-order valence-corrected chi connectivity index (χ3v) is 3.03. The number of rotatable bonds is 1. The first-order chi connectivity index (χ1) is 8.39. The maximum atomic E-state index is 13.8. The van der Waals surface area contributed by atoms with Gasteiger partial charge in [0, 0.05) is 5.56 Å². The number of nitrogens with zero attached hydrogens (tertiary/aromatic N) is 2. The molecule has 18 heavy (non-hydrogen) atoms. The van der Waals surface area contributed by atoms with Gasteiger partial charge in [0.1, 0.15) is 12.0 Å². The summed E-state index contributed by atoms with van der Waals surface area (Å²) >= 11 is 5.64. The minimum absolute atomic E-state index is 0.0698. The van der Waals surface area contributed by atoms with Crippen molar-refractivity contribution >= 4 is 11.6 Å². The molecule has 0 bridgehead atoms. The molecule has 1 heterocycles. The minimum Gasteiger partial charge on any atom is -0.233 e. The molecule has 0 saturated carbocycles. The molecular formula is C14H14ClFN2. The summed E-state index contributed by atoms with van der Waals surface area (Å²) in [6, 6.07) is 7.65. The summed E-state index contributed by atoms with van der Waals surface area (Å²) in [6.45, 7) is 6.39. The molecule has 4 heteroatoms. The predicted octanol–water partition coefficient (Wildman–Crippen LogP) is 4.23. The molecule has 2 aromatic rings. The van der Waals surface area contributed by atoms with Gasteiger partial charge in [-0.2, -0.15) is 0 Å². The van der Waals surface area contributed by atoms with Gasteiger partial charge in [0.05, 0.1) is 0 Å². The van der Waals surface area contributed by atoms with E-state index in [1.54, 1.807) is 0 Å². The van der Waals surface area contributed by atoms with Gasteiger partial charge < -0.3 is 0 Å². The molecule has 0 spiro atoms. The van der Waals surface area contributed by atoms with Crippen molar-refractivity contribution in [3.63, 3.8) is 0 Å². The van der Waals surface area contributed by atoms with Crippen LogP contribution >= 0.6 is 11.6 Å². The second-order valence-electron chi connectivity index (χ2n) is 5.15. The second kappa shape index (κ2) is 4.65. The SMILES string of the molecule is CC(C)(C)c1ccc(-c2ncnc(Cl)c2F)cc1. The number of benzene rings is 1. The first-order valence-corrected chi connectivity index (χ1v) is 6.04. The molecule has 0 aliphatic carbocycles. The molecule has 0 unspecified atom stereocenters. The molecular weight excluding hydrogens is 251 g/mol. The van der Waals surface area contributed by atoms with E-state index in [0.717, 1.165) is 0 Å². The van der Waals surface area contributed by atoms with E-state index in [9.17, 15) is 4.39 Å². The van der Waals surface area contributed by atoms with Crippen molar-refractivity contribution < 1.29 is 4.39 Å². The van der Waals surface area contributed by atoms with Crippen LogP contribution in [-0.2, 0) is 5.41 Å². The monoisotopic (exact) mass is 264 g/mol. The second-order valence-corrected chi connectivity index (χ2v) is 5.51. The Morgan fingerprint density at radius 1 is 1.06 bits per heavy atom. The van der Waals surface area contributed by atoms with Crippen LogP contribution in [0.15, 0.2) is 30.6 Å². The molecule has 1 aromatic heterocycles. The Bertz CT molecular complexity index is 559. The van der Waals surface area contributed by atoms with Crippen LogP contribution in [0.5, 0.6) is 0 Å². The van der Waals surface area contributed by atoms with Gasteiger partial charge in [-0.3, -0.25) is 0 Å². The van der Waals surface area contributed by atoms with Crippen molar-refractivity contribution in [3.05, 3.63) is 47.1 Å². The number of hydrogen-bond donors (Lipinski definition) is 0. The summed E-state index contributed by atoms with van der Waals surface area (Å²) in [5.74, 6) is -0.581. The molecule has 0 aliphatic rings. The van der Waals surface area contributed by atoms with E-state index >= 15 is 0 Å². The molecule has 0 saturated heterocycles. The van der Waals surface area contributed by atoms with Crippen LogP contribution in [0.3, 0.4) is 0 Å². The smallest absolute Gasteiger partial charge is 0.186 e. The van der Waals surface area contributed by atoms with Gasteiger partial charge >= 0.3 is 0 Å². The van der Waals surface area contributed by atoms with Crippen LogP contribution in [0, 0.1) is 5.82 Å². The van der Waals surface area contributed by atoms with E-state index in [2.05, 4.69) is 30.7 Å². The van der Waals surface area contributed by atoms with E-state index < -0.39 is 5.82 Å². The zero-order chi connectivity index (χ0) is 13.3. The van der Waals surface area contributed by atoms with Crippen molar-refractivity contribution in [2.45, 2.75) is 26.2 Å². The summed E-state index contributed by atoms with van der Waals surface area (Å²) in [5.41, 5.74) is 2.19. The van der Waals surface area contributed by atoms with Crippen molar-refractivity contribution in [3.8, 4) is 11.3 Å². The Labute approximate surface area is 111 Å². The molecule has 0 radical (unpaired) electrons. The Morgan fingerprint density at radius 3 is 2.22 bits per heavy atom. The van der Waals surface area contributed by atoms with Crippen LogP contribution in [0.2, 0.25) is 5.15 Å². The molecule has 1 aromatic carbocycles. The lowest BCUT2D eigenvalue weighted by Gasteiger charge is -2.19. The van der Waals surface area contributed by atoms with E-state index in [1.807, 2.05) is 24.3 Å². The van der Waals surface area contributed by atoms with Crippen molar-refractivity contribution in [1.29, 1.82) is 0 Å². The highest BCUT2D eigenvalue weighted by molar-refractivity contribution is 6.29. The standard InChI is InChI=1S/C14H14ClFN2/c1-14(2,3)10-6-4-9(5-7-10)12-11(16)13(15)18-8-17-12/h4-8H,1-3H3. The highest BCUT2D eigenvalue weighted by Gasteiger charge is 2.15.